The molecule has 1 aromatic carbocycles. The summed E-state index contributed by atoms with van der Waals surface area (Å²) in [5.74, 6) is 2.13. The number of nitrogens with one attached hydrogen (secondary N) is 2. The number of hydrogen-bond donors (Lipinski definition) is 2. The Morgan fingerprint density at radius 3 is 2.77 bits per heavy atom. The highest BCUT2D eigenvalue weighted by Crippen LogP contribution is 2.26. The maximum absolute atomic E-state index is 5.59. The Hall–Kier alpha value is -2.34. The first-order valence-corrected chi connectivity index (χ1v) is 7.39. The summed E-state index contributed by atoms with van der Waals surface area (Å²) in [6.45, 7) is 4.35. The number of benzene rings is 1. The fraction of sp³-hybridized carbons (Fsp3) is 0.375. The normalized spacial score (nSPS) is 10.5. The summed E-state index contributed by atoms with van der Waals surface area (Å²) in [5, 5.41) is 6.48. The van der Waals surface area contributed by atoms with Crippen LogP contribution < -0.4 is 15.4 Å². The lowest BCUT2D eigenvalue weighted by Gasteiger charge is -2.13. The van der Waals surface area contributed by atoms with Gasteiger partial charge in [0, 0.05) is 19.3 Å². The van der Waals surface area contributed by atoms with E-state index < -0.39 is 0 Å². The van der Waals surface area contributed by atoms with E-state index in [2.05, 4.69) is 25.5 Å². The van der Waals surface area contributed by atoms with Crippen molar-refractivity contribution in [2.45, 2.75) is 6.92 Å². The van der Waals surface area contributed by atoms with Gasteiger partial charge >= 0.3 is 0 Å². The molecule has 6 heteroatoms. The van der Waals surface area contributed by atoms with Crippen molar-refractivity contribution >= 4 is 17.5 Å². The van der Waals surface area contributed by atoms with Crippen molar-refractivity contribution in [2.24, 2.45) is 0 Å². The highest BCUT2D eigenvalue weighted by molar-refractivity contribution is 5.62. The van der Waals surface area contributed by atoms with Crippen LogP contribution in [0.3, 0.4) is 0 Å². The zero-order chi connectivity index (χ0) is 15.8. The molecule has 22 heavy (non-hydrogen) atoms. The summed E-state index contributed by atoms with van der Waals surface area (Å²) < 4.78 is 5.59. The van der Waals surface area contributed by atoms with E-state index in [0.717, 1.165) is 30.3 Å². The molecular formula is C16H23N5O. The molecule has 2 N–H and O–H groups in total. The highest BCUT2D eigenvalue weighted by Gasteiger charge is 2.05. The maximum atomic E-state index is 5.59. The van der Waals surface area contributed by atoms with Crippen LogP contribution in [0.5, 0.6) is 5.75 Å². The van der Waals surface area contributed by atoms with Gasteiger partial charge in [-0.1, -0.05) is 12.1 Å². The van der Waals surface area contributed by atoms with Crippen LogP contribution in [0, 0.1) is 0 Å². The van der Waals surface area contributed by atoms with Crippen molar-refractivity contribution < 1.29 is 4.74 Å². The van der Waals surface area contributed by atoms with E-state index in [1.54, 1.807) is 6.20 Å². The minimum Gasteiger partial charge on any atom is -0.492 e. The molecule has 0 saturated heterocycles. The summed E-state index contributed by atoms with van der Waals surface area (Å²) >= 11 is 0. The van der Waals surface area contributed by atoms with Gasteiger partial charge < -0.3 is 20.3 Å². The van der Waals surface area contributed by atoms with Crippen LogP contribution in [0.15, 0.2) is 36.5 Å². The Morgan fingerprint density at radius 1 is 1.18 bits per heavy atom. The lowest BCUT2D eigenvalue weighted by Crippen LogP contribution is -2.21. The molecule has 118 valence electrons. The van der Waals surface area contributed by atoms with Crippen molar-refractivity contribution in [3.8, 4) is 5.75 Å². The summed E-state index contributed by atoms with van der Waals surface area (Å²) in [4.78, 5) is 10.8. The molecule has 0 unspecified atom stereocenters. The topological polar surface area (TPSA) is 62.3 Å². The maximum Gasteiger partial charge on any atom is 0.229 e. The highest BCUT2D eigenvalue weighted by atomic mass is 16.5. The Kier molecular flexibility index (Phi) is 5.97. The molecule has 1 aromatic heterocycles. The third kappa shape index (κ3) is 4.89. The predicted octanol–water partition coefficient (Wildman–Crippen LogP) is 2.59. The third-order valence-electron chi connectivity index (χ3n) is 2.95. The zero-order valence-electron chi connectivity index (χ0n) is 13.3. The van der Waals surface area contributed by atoms with Crippen LogP contribution in [0.4, 0.5) is 17.5 Å². The van der Waals surface area contributed by atoms with Crippen LogP contribution in [-0.2, 0) is 0 Å². The molecule has 0 spiro atoms. The van der Waals surface area contributed by atoms with Gasteiger partial charge in [0.25, 0.3) is 0 Å². The van der Waals surface area contributed by atoms with E-state index in [1.165, 1.54) is 0 Å². The number of likely N-dealkylation sites (N-methyl/N-ethyl adjacent to an activating group) is 1. The Balaban J connectivity index is 2.04. The standard InChI is InChI=1S/C16H23N5O/c1-4-22-14-8-6-5-7-13(14)19-16-18-10-9-15(20-16)17-11-12-21(2)3/h5-10H,4,11-12H2,1-3H3,(H2,17,18,19,20). The van der Waals surface area contributed by atoms with Gasteiger partial charge in [-0.05, 0) is 39.2 Å². The third-order valence-corrected chi connectivity index (χ3v) is 2.95. The first kappa shape index (κ1) is 16.0. The van der Waals surface area contributed by atoms with Crippen molar-refractivity contribution in [2.75, 3.05) is 44.4 Å². The quantitative estimate of drug-likeness (QED) is 0.781. The van der Waals surface area contributed by atoms with Crippen LogP contribution in [0.1, 0.15) is 6.92 Å². The number of aromatic nitrogens is 2. The number of hydrogen-bond acceptors (Lipinski definition) is 6. The van der Waals surface area contributed by atoms with E-state index in [9.17, 15) is 0 Å². The summed E-state index contributed by atoms with van der Waals surface area (Å²) in [7, 11) is 4.08. The van der Waals surface area contributed by atoms with Crippen molar-refractivity contribution in [1.29, 1.82) is 0 Å². The lowest BCUT2D eigenvalue weighted by atomic mass is 10.3. The average Bonchev–Trinajstić information content (AvgIpc) is 2.50. The van der Waals surface area contributed by atoms with Crippen molar-refractivity contribution in [1.82, 2.24) is 14.9 Å². The van der Waals surface area contributed by atoms with Gasteiger partial charge in [-0.25, -0.2) is 4.98 Å². The van der Waals surface area contributed by atoms with Crippen molar-refractivity contribution in [3.05, 3.63) is 36.5 Å². The molecule has 0 amide bonds. The van der Waals surface area contributed by atoms with Gasteiger partial charge in [-0.15, -0.1) is 0 Å². The number of anilines is 3. The monoisotopic (exact) mass is 301 g/mol. The Morgan fingerprint density at radius 2 is 2.00 bits per heavy atom. The fourth-order valence-corrected chi connectivity index (χ4v) is 1.90. The molecule has 0 bridgehead atoms. The van der Waals surface area contributed by atoms with Gasteiger partial charge in [0.15, 0.2) is 0 Å². The van der Waals surface area contributed by atoms with E-state index in [4.69, 9.17) is 4.74 Å². The van der Waals surface area contributed by atoms with Gasteiger partial charge in [0.2, 0.25) is 5.95 Å². The molecule has 0 aliphatic heterocycles. The molecule has 2 rings (SSSR count). The molecule has 2 aromatic rings. The molecule has 0 atom stereocenters. The fourth-order valence-electron chi connectivity index (χ4n) is 1.90. The van der Waals surface area contributed by atoms with Gasteiger partial charge in [-0.3, -0.25) is 0 Å². The Labute approximate surface area is 131 Å². The van der Waals surface area contributed by atoms with E-state index in [0.29, 0.717) is 12.6 Å². The second kappa shape index (κ2) is 8.19. The minimum atomic E-state index is 0.544. The number of rotatable bonds is 8. The molecule has 0 fully saturated rings. The van der Waals surface area contributed by atoms with Crippen LogP contribution in [0.25, 0.3) is 0 Å². The zero-order valence-corrected chi connectivity index (χ0v) is 13.3. The number of ether oxygens (including phenoxy) is 1. The number of nitrogens with zero attached hydrogens (tertiary/aromatic N) is 3. The van der Waals surface area contributed by atoms with E-state index in [1.807, 2.05) is 51.4 Å². The second-order valence-electron chi connectivity index (χ2n) is 5.05. The molecule has 0 aliphatic carbocycles. The largest absolute Gasteiger partial charge is 0.492 e. The van der Waals surface area contributed by atoms with E-state index in [-0.39, 0.29) is 0 Å². The first-order valence-electron chi connectivity index (χ1n) is 7.39. The van der Waals surface area contributed by atoms with E-state index >= 15 is 0 Å². The Bertz CT molecular complexity index is 588. The van der Waals surface area contributed by atoms with Gasteiger partial charge in [0.1, 0.15) is 11.6 Å². The first-order chi connectivity index (χ1) is 10.7. The van der Waals surface area contributed by atoms with Crippen LogP contribution in [0.2, 0.25) is 0 Å². The van der Waals surface area contributed by atoms with Gasteiger partial charge in [0.05, 0.1) is 12.3 Å². The SMILES string of the molecule is CCOc1ccccc1Nc1nccc(NCCN(C)C)n1. The molecule has 0 aliphatic rings. The molecular weight excluding hydrogens is 278 g/mol. The summed E-state index contributed by atoms with van der Waals surface area (Å²) in [6.07, 6.45) is 1.73. The van der Waals surface area contributed by atoms with Crippen LogP contribution in [-0.4, -0.2) is 48.7 Å². The molecule has 0 radical (unpaired) electrons. The summed E-state index contributed by atoms with van der Waals surface area (Å²) in [5.41, 5.74) is 0.856. The predicted molar refractivity (Wildman–Crippen MR) is 90.0 cm³/mol. The van der Waals surface area contributed by atoms with Gasteiger partial charge in [-0.2, -0.15) is 4.98 Å². The lowest BCUT2D eigenvalue weighted by molar-refractivity contribution is 0.342. The molecule has 0 saturated carbocycles. The minimum absolute atomic E-state index is 0.544. The summed E-state index contributed by atoms with van der Waals surface area (Å²) in [6, 6.07) is 9.61. The van der Waals surface area contributed by atoms with Crippen molar-refractivity contribution in [3.63, 3.8) is 0 Å². The molecule has 6 nitrogen and oxygen atoms in total. The average molecular weight is 301 g/mol. The number of para-hydroxylation sites is 2. The van der Waals surface area contributed by atoms with Crippen LogP contribution >= 0.6 is 0 Å². The molecule has 1 heterocycles. The second-order valence-corrected chi connectivity index (χ2v) is 5.05. The smallest absolute Gasteiger partial charge is 0.229 e.